The minimum absolute atomic E-state index is 0.529. The molecule has 0 radical (unpaired) electrons. The Morgan fingerprint density at radius 3 is 2.45 bits per heavy atom. The van der Waals surface area contributed by atoms with Gasteiger partial charge in [0.2, 0.25) is 0 Å². The highest BCUT2D eigenvalue weighted by Gasteiger charge is 2.07. The molecular weight excluding hydrogens is 148 g/mol. The van der Waals surface area contributed by atoms with Crippen molar-refractivity contribution < 1.29 is 14.7 Å². The van der Waals surface area contributed by atoms with Gasteiger partial charge in [-0.2, -0.15) is 0 Å². The van der Waals surface area contributed by atoms with Crippen LogP contribution < -0.4 is 10.9 Å². The lowest BCUT2D eigenvalue weighted by molar-refractivity contribution is -0.132. The van der Waals surface area contributed by atoms with Gasteiger partial charge in [-0.05, 0) is 13.0 Å². The molecule has 1 unspecified atom stereocenters. The minimum atomic E-state index is -1.14. The largest absolute Gasteiger partial charge is 0.383 e. The van der Waals surface area contributed by atoms with Crippen molar-refractivity contribution in [3.63, 3.8) is 0 Å². The molecule has 0 aromatic rings. The quantitative estimate of drug-likeness (QED) is 0.345. The Balaban J connectivity index is 3.62. The van der Waals surface area contributed by atoms with E-state index in [2.05, 4.69) is 6.58 Å². The SMILES string of the molecule is C=CC(=O)NNC(=O)C(C)O. The van der Waals surface area contributed by atoms with Crippen molar-refractivity contribution in [3.8, 4) is 0 Å². The van der Waals surface area contributed by atoms with E-state index in [0.29, 0.717) is 0 Å². The summed E-state index contributed by atoms with van der Waals surface area (Å²) in [5.41, 5.74) is 3.97. The van der Waals surface area contributed by atoms with Crippen LogP contribution in [-0.2, 0) is 9.59 Å². The third-order valence-electron chi connectivity index (χ3n) is 0.874. The molecule has 0 saturated carbocycles. The van der Waals surface area contributed by atoms with E-state index in [0.717, 1.165) is 6.08 Å². The van der Waals surface area contributed by atoms with Crippen LogP contribution in [0.2, 0.25) is 0 Å². The molecule has 0 aromatic carbocycles. The van der Waals surface area contributed by atoms with Crippen molar-refractivity contribution in [2.45, 2.75) is 13.0 Å². The molecule has 2 amide bonds. The van der Waals surface area contributed by atoms with Crippen LogP contribution in [-0.4, -0.2) is 23.0 Å². The van der Waals surface area contributed by atoms with E-state index in [9.17, 15) is 9.59 Å². The second-order valence-electron chi connectivity index (χ2n) is 1.86. The number of carbonyl (C=O) groups excluding carboxylic acids is 2. The lowest BCUT2D eigenvalue weighted by atomic mass is 10.4. The molecule has 0 aromatic heterocycles. The second kappa shape index (κ2) is 4.45. The first-order chi connectivity index (χ1) is 5.07. The van der Waals surface area contributed by atoms with Gasteiger partial charge in [0.05, 0.1) is 0 Å². The Kier molecular flexibility index (Phi) is 3.90. The number of nitrogens with one attached hydrogen (secondary N) is 2. The van der Waals surface area contributed by atoms with E-state index in [1.165, 1.54) is 6.92 Å². The number of aliphatic hydroxyl groups is 1. The van der Waals surface area contributed by atoms with E-state index in [1.54, 1.807) is 0 Å². The lowest BCUT2D eigenvalue weighted by Crippen LogP contribution is -2.44. The van der Waals surface area contributed by atoms with Gasteiger partial charge in [0.25, 0.3) is 11.8 Å². The summed E-state index contributed by atoms with van der Waals surface area (Å²) >= 11 is 0. The Morgan fingerprint density at radius 1 is 1.55 bits per heavy atom. The zero-order valence-electron chi connectivity index (χ0n) is 6.13. The standard InChI is InChI=1S/C6H10N2O3/c1-3-5(10)7-8-6(11)4(2)9/h3-4,9H,1H2,2H3,(H,7,10)(H,8,11). The number of hydrogen-bond donors (Lipinski definition) is 3. The predicted octanol–water partition coefficient (Wildman–Crippen LogP) is -1.30. The van der Waals surface area contributed by atoms with E-state index >= 15 is 0 Å². The summed E-state index contributed by atoms with van der Waals surface area (Å²) < 4.78 is 0. The summed E-state index contributed by atoms with van der Waals surface area (Å²) in [5, 5.41) is 8.62. The van der Waals surface area contributed by atoms with Gasteiger partial charge in [-0.3, -0.25) is 20.4 Å². The molecule has 5 nitrogen and oxygen atoms in total. The van der Waals surface area contributed by atoms with E-state index in [-0.39, 0.29) is 0 Å². The van der Waals surface area contributed by atoms with Gasteiger partial charge in [-0.1, -0.05) is 6.58 Å². The highest BCUT2D eigenvalue weighted by Crippen LogP contribution is 1.75. The monoisotopic (exact) mass is 158 g/mol. The average molecular weight is 158 g/mol. The summed E-state index contributed by atoms with van der Waals surface area (Å²) in [6.45, 7) is 4.44. The summed E-state index contributed by atoms with van der Waals surface area (Å²) in [4.78, 5) is 21.0. The third kappa shape index (κ3) is 4.10. The van der Waals surface area contributed by atoms with Crippen molar-refractivity contribution in [1.29, 1.82) is 0 Å². The van der Waals surface area contributed by atoms with Crippen LogP contribution in [0.5, 0.6) is 0 Å². The molecule has 0 aliphatic rings. The molecule has 0 fully saturated rings. The molecule has 0 bridgehead atoms. The van der Waals surface area contributed by atoms with Crippen LogP contribution >= 0.6 is 0 Å². The van der Waals surface area contributed by atoms with Crippen molar-refractivity contribution in [2.24, 2.45) is 0 Å². The fourth-order valence-corrected chi connectivity index (χ4v) is 0.279. The topological polar surface area (TPSA) is 78.4 Å². The molecule has 0 saturated heterocycles. The fraction of sp³-hybridized carbons (Fsp3) is 0.333. The Hall–Kier alpha value is -1.36. The normalized spacial score (nSPS) is 11.5. The van der Waals surface area contributed by atoms with Gasteiger partial charge in [-0.15, -0.1) is 0 Å². The van der Waals surface area contributed by atoms with Crippen LogP contribution in [0.3, 0.4) is 0 Å². The first-order valence-electron chi connectivity index (χ1n) is 2.98. The van der Waals surface area contributed by atoms with Gasteiger partial charge in [-0.25, -0.2) is 0 Å². The first-order valence-corrected chi connectivity index (χ1v) is 2.98. The maximum atomic E-state index is 10.6. The minimum Gasteiger partial charge on any atom is -0.383 e. The Morgan fingerprint density at radius 2 is 2.09 bits per heavy atom. The molecular formula is C6H10N2O3. The van der Waals surface area contributed by atoms with Crippen LogP contribution in [0.4, 0.5) is 0 Å². The molecule has 3 N–H and O–H groups in total. The number of rotatable bonds is 2. The van der Waals surface area contributed by atoms with Crippen molar-refractivity contribution in [2.75, 3.05) is 0 Å². The smallest absolute Gasteiger partial charge is 0.266 e. The number of carbonyl (C=O) groups is 2. The highest BCUT2D eigenvalue weighted by molar-refractivity contribution is 5.89. The zero-order valence-corrected chi connectivity index (χ0v) is 6.13. The number of hydrogen-bond acceptors (Lipinski definition) is 3. The van der Waals surface area contributed by atoms with Crippen molar-refractivity contribution in [3.05, 3.63) is 12.7 Å². The number of hydrazine groups is 1. The van der Waals surface area contributed by atoms with Gasteiger partial charge in [0.1, 0.15) is 6.10 Å². The highest BCUT2D eigenvalue weighted by atomic mass is 16.3. The number of aliphatic hydroxyl groups excluding tert-OH is 1. The zero-order chi connectivity index (χ0) is 8.85. The maximum absolute atomic E-state index is 10.6. The van der Waals surface area contributed by atoms with Crippen LogP contribution in [0, 0.1) is 0 Å². The first kappa shape index (κ1) is 9.64. The molecule has 0 rings (SSSR count). The van der Waals surface area contributed by atoms with E-state index in [1.807, 2.05) is 10.9 Å². The van der Waals surface area contributed by atoms with E-state index < -0.39 is 17.9 Å². The fourth-order valence-electron chi connectivity index (χ4n) is 0.279. The van der Waals surface area contributed by atoms with Crippen LogP contribution in [0.1, 0.15) is 6.92 Å². The van der Waals surface area contributed by atoms with Gasteiger partial charge >= 0.3 is 0 Å². The molecule has 0 aliphatic carbocycles. The van der Waals surface area contributed by atoms with Crippen molar-refractivity contribution in [1.82, 2.24) is 10.9 Å². The summed E-state index contributed by atoms with van der Waals surface area (Å²) in [6, 6.07) is 0. The van der Waals surface area contributed by atoms with Crippen LogP contribution in [0.25, 0.3) is 0 Å². The average Bonchev–Trinajstić information content (AvgIpc) is 1.99. The molecule has 1 atom stereocenters. The summed E-state index contributed by atoms with van der Waals surface area (Å²) in [6.07, 6.45) is -0.136. The van der Waals surface area contributed by atoms with Crippen molar-refractivity contribution >= 4 is 11.8 Å². The lowest BCUT2D eigenvalue weighted by Gasteiger charge is -2.05. The van der Waals surface area contributed by atoms with Gasteiger partial charge in [0.15, 0.2) is 0 Å². The summed E-state index contributed by atoms with van der Waals surface area (Å²) in [5.74, 6) is -1.20. The van der Waals surface area contributed by atoms with Gasteiger partial charge in [0, 0.05) is 0 Å². The third-order valence-corrected chi connectivity index (χ3v) is 0.874. The Bertz CT molecular complexity index is 177. The molecule has 5 heteroatoms. The predicted molar refractivity (Wildman–Crippen MR) is 38.2 cm³/mol. The summed E-state index contributed by atoms with van der Waals surface area (Å²) in [7, 11) is 0. The number of amides is 2. The van der Waals surface area contributed by atoms with Gasteiger partial charge < -0.3 is 5.11 Å². The van der Waals surface area contributed by atoms with E-state index in [4.69, 9.17) is 5.11 Å². The molecule has 62 valence electrons. The van der Waals surface area contributed by atoms with Crippen LogP contribution in [0.15, 0.2) is 12.7 Å². The molecule has 0 aliphatic heterocycles. The second-order valence-corrected chi connectivity index (χ2v) is 1.86. The molecule has 11 heavy (non-hydrogen) atoms. The maximum Gasteiger partial charge on any atom is 0.266 e. The molecule has 0 heterocycles. The Labute approximate surface area is 64.1 Å². The molecule has 0 spiro atoms.